The zero-order valence-electron chi connectivity index (χ0n) is 19.3. The normalized spacial score (nSPS) is 17.1. The van der Waals surface area contributed by atoms with Gasteiger partial charge in [0.25, 0.3) is 0 Å². The van der Waals surface area contributed by atoms with E-state index in [1.165, 1.54) is 44.3 Å². The number of aromatic nitrogens is 3. The summed E-state index contributed by atoms with van der Waals surface area (Å²) in [5.41, 5.74) is 6.94. The molecule has 1 fully saturated rings. The molecule has 176 valence electrons. The number of hydrogen-bond donors (Lipinski definition) is 2. The molecule has 2 aliphatic rings. The Morgan fingerprint density at radius 1 is 1.00 bits per heavy atom. The van der Waals surface area contributed by atoms with E-state index in [1.54, 1.807) is 12.5 Å². The Morgan fingerprint density at radius 3 is 2.71 bits per heavy atom. The molecule has 1 saturated heterocycles. The van der Waals surface area contributed by atoms with Crippen LogP contribution in [0.15, 0.2) is 61.2 Å². The highest BCUT2D eigenvalue weighted by atomic mass is 16.1. The average Bonchev–Trinajstić information content (AvgIpc) is 3.42. The summed E-state index contributed by atoms with van der Waals surface area (Å²) in [4.78, 5) is 23.3. The van der Waals surface area contributed by atoms with Gasteiger partial charge in [0, 0.05) is 55.2 Å². The van der Waals surface area contributed by atoms with Crippen LogP contribution in [0.1, 0.15) is 45.4 Å². The molecule has 0 unspecified atom stereocenters. The highest BCUT2D eigenvalue weighted by Crippen LogP contribution is 2.30. The van der Waals surface area contributed by atoms with Crippen molar-refractivity contribution in [3.63, 3.8) is 0 Å². The summed E-state index contributed by atoms with van der Waals surface area (Å²) in [7, 11) is 0. The topological polar surface area (TPSA) is 66.0 Å². The number of H-pyrrole nitrogens is 1. The molecule has 2 aliphatic heterocycles. The molecule has 6 heteroatoms. The van der Waals surface area contributed by atoms with Crippen molar-refractivity contribution in [3.8, 4) is 5.69 Å². The van der Waals surface area contributed by atoms with Crippen molar-refractivity contribution in [3.05, 3.63) is 78.0 Å². The Balaban J connectivity index is 0.00000152. The fraction of sp³-hybridized carbons (Fsp3) is 0.286. The molecule has 4 aromatic rings. The first-order chi connectivity index (χ1) is 16.7. The van der Waals surface area contributed by atoms with Crippen LogP contribution < -0.4 is 5.32 Å². The second-order valence-corrected chi connectivity index (χ2v) is 9.37. The van der Waals surface area contributed by atoms with Crippen molar-refractivity contribution in [2.75, 3.05) is 25.0 Å². The second-order valence-electron chi connectivity index (χ2n) is 9.37. The second kappa shape index (κ2) is 8.95. The van der Waals surface area contributed by atoms with E-state index < -0.39 is 0 Å². The van der Waals surface area contributed by atoms with Gasteiger partial charge in [-0.3, -0.25) is 9.69 Å². The van der Waals surface area contributed by atoms with Gasteiger partial charge in [0.15, 0.2) is 5.78 Å². The van der Waals surface area contributed by atoms with E-state index in [2.05, 4.69) is 50.5 Å². The summed E-state index contributed by atoms with van der Waals surface area (Å²) in [6.07, 6.45) is 12.8. The van der Waals surface area contributed by atoms with Gasteiger partial charge in [-0.2, -0.15) is 0 Å². The first-order valence-electron chi connectivity index (χ1n) is 12.2. The first kappa shape index (κ1) is 20.9. The summed E-state index contributed by atoms with van der Waals surface area (Å²) >= 11 is 0. The monoisotopic (exact) mass is 455 g/mol. The molecule has 6 rings (SSSR count). The van der Waals surface area contributed by atoms with Gasteiger partial charge < -0.3 is 14.9 Å². The van der Waals surface area contributed by atoms with E-state index in [0.717, 1.165) is 40.1 Å². The molecule has 2 aromatic heterocycles. The number of Topliss-reactive ketones (excluding diaryl/α,β-unsaturated/α-hetero) is 1. The number of ketones is 1. The Labute approximate surface area is 202 Å². The Hall–Kier alpha value is -3.64. The molecule has 0 aliphatic carbocycles. The fourth-order valence-corrected chi connectivity index (χ4v) is 5.12. The molecule has 0 radical (unpaired) electrons. The zero-order valence-corrected chi connectivity index (χ0v) is 19.3. The van der Waals surface area contributed by atoms with E-state index in [-0.39, 0.29) is 15.2 Å². The van der Waals surface area contributed by atoms with Crippen LogP contribution in [0.5, 0.6) is 0 Å². The van der Waals surface area contributed by atoms with Crippen LogP contribution in [0.3, 0.4) is 0 Å². The number of aromatic amines is 1. The molecule has 34 heavy (non-hydrogen) atoms. The lowest BCUT2D eigenvalue weighted by molar-refractivity contribution is -0.112. The predicted molar refractivity (Wildman–Crippen MR) is 141 cm³/mol. The number of nitrogens with one attached hydrogen (secondary N) is 2. The molecule has 2 aromatic carbocycles. The molecular formula is C28H33N5O. The van der Waals surface area contributed by atoms with E-state index in [4.69, 9.17) is 0 Å². The van der Waals surface area contributed by atoms with Crippen LogP contribution in [-0.2, 0) is 11.3 Å². The molecule has 6 nitrogen and oxygen atoms in total. The maximum Gasteiger partial charge on any atom is 0.183 e. The number of rotatable bonds is 4. The molecule has 0 atom stereocenters. The van der Waals surface area contributed by atoms with Crippen LogP contribution in [0.25, 0.3) is 28.2 Å². The van der Waals surface area contributed by atoms with E-state index in [0.29, 0.717) is 5.57 Å². The SMILES string of the molecule is O=C1CNc2ccc(-n3ccnc3)cc2C=C1c1cc2cc(CN3CCCCCC3)ccc2[nH]1.[HH].[HH]. The Morgan fingerprint density at radius 2 is 1.88 bits per heavy atom. The average molecular weight is 456 g/mol. The summed E-state index contributed by atoms with van der Waals surface area (Å²) in [5, 5.41) is 4.45. The minimum Gasteiger partial charge on any atom is -0.377 e. The van der Waals surface area contributed by atoms with Crippen LogP contribution in [0.2, 0.25) is 0 Å². The highest BCUT2D eigenvalue weighted by molar-refractivity contribution is 6.28. The fourth-order valence-electron chi connectivity index (χ4n) is 5.12. The van der Waals surface area contributed by atoms with Crippen LogP contribution in [0.4, 0.5) is 5.69 Å². The number of carbonyl (C=O) groups excluding carboxylic acids is 1. The van der Waals surface area contributed by atoms with E-state index in [9.17, 15) is 4.79 Å². The molecule has 0 amide bonds. The summed E-state index contributed by atoms with van der Waals surface area (Å²) < 4.78 is 1.97. The maximum atomic E-state index is 13.1. The van der Waals surface area contributed by atoms with Gasteiger partial charge >= 0.3 is 0 Å². The van der Waals surface area contributed by atoms with Crippen molar-refractivity contribution in [2.24, 2.45) is 0 Å². The Kier molecular flexibility index (Phi) is 5.51. The lowest BCUT2D eigenvalue weighted by Gasteiger charge is -2.19. The standard InChI is InChI=1S/C28H29N5O.2H2/c34-28-17-30-25-8-6-23(33-12-9-29-19-33)14-22(25)15-24(28)27-16-21-13-20(5-7-26(21)31-27)18-32-10-3-1-2-4-11-32;;/h5-9,12-16,19,30-31H,1-4,10-11,17-18H2;2*1H. The third kappa shape index (κ3) is 4.17. The van der Waals surface area contributed by atoms with Crippen LogP contribution >= 0.6 is 0 Å². The molecule has 0 bridgehead atoms. The lowest BCUT2D eigenvalue weighted by Crippen LogP contribution is -2.23. The zero-order chi connectivity index (χ0) is 22.9. The third-order valence-corrected chi connectivity index (χ3v) is 6.96. The van der Waals surface area contributed by atoms with Gasteiger partial charge in [0.2, 0.25) is 0 Å². The van der Waals surface area contributed by atoms with Crippen LogP contribution in [0, 0.1) is 0 Å². The van der Waals surface area contributed by atoms with Crippen molar-refractivity contribution < 1.29 is 7.65 Å². The number of carbonyl (C=O) groups is 1. The van der Waals surface area contributed by atoms with Gasteiger partial charge in [-0.15, -0.1) is 0 Å². The van der Waals surface area contributed by atoms with Crippen molar-refractivity contribution in [1.82, 2.24) is 19.4 Å². The number of imidazole rings is 1. The molecular weight excluding hydrogens is 422 g/mol. The first-order valence-corrected chi connectivity index (χ1v) is 12.2. The summed E-state index contributed by atoms with van der Waals surface area (Å²) in [6.45, 7) is 3.64. The molecule has 0 spiro atoms. The van der Waals surface area contributed by atoms with Gasteiger partial charge in [0.1, 0.15) is 0 Å². The van der Waals surface area contributed by atoms with Gasteiger partial charge in [-0.05, 0) is 74.0 Å². The summed E-state index contributed by atoms with van der Waals surface area (Å²) in [6, 6.07) is 14.9. The number of nitrogens with zero attached hydrogens (tertiary/aromatic N) is 3. The largest absolute Gasteiger partial charge is 0.377 e. The summed E-state index contributed by atoms with van der Waals surface area (Å²) in [5.74, 6) is 0.0803. The number of anilines is 1. The minimum absolute atomic E-state index is 0. The number of fused-ring (bicyclic) bond motifs is 2. The van der Waals surface area contributed by atoms with Gasteiger partial charge in [0.05, 0.1) is 18.6 Å². The number of likely N-dealkylation sites (tertiary alicyclic amines) is 1. The van der Waals surface area contributed by atoms with E-state index >= 15 is 0 Å². The van der Waals surface area contributed by atoms with Crippen molar-refractivity contribution in [2.45, 2.75) is 32.2 Å². The van der Waals surface area contributed by atoms with Crippen molar-refractivity contribution in [1.29, 1.82) is 0 Å². The van der Waals surface area contributed by atoms with E-state index in [1.807, 2.05) is 29.0 Å². The van der Waals surface area contributed by atoms with Crippen molar-refractivity contribution >= 4 is 34.0 Å². The highest BCUT2D eigenvalue weighted by Gasteiger charge is 2.20. The number of benzene rings is 2. The lowest BCUT2D eigenvalue weighted by atomic mass is 10.0. The minimum atomic E-state index is 0. The smallest absolute Gasteiger partial charge is 0.183 e. The number of hydrogen-bond acceptors (Lipinski definition) is 4. The Bertz CT molecular complexity index is 1370. The predicted octanol–water partition coefficient (Wildman–Crippen LogP) is 5.76. The molecule has 4 heterocycles. The van der Waals surface area contributed by atoms with Gasteiger partial charge in [-0.1, -0.05) is 18.9 Å². The van der Waals surface area contributed by atoms with Gasteiger partial charge in [-0.25, -0.2) is 4.98 Å². The maximum absolute atomic E-state index is 13.1. The molecule has 0 saturated carbocycles. The third-order valence-electron chi connectivity index (χ3n) is 6.96. The quantitative estimate of drug-likeness (QED) is 0.411. The van der Waals surface area contributed by atoms with Crippen LogP contribution in [-0.4, -0.2) is 44.9 Å². The molecule has 2 N–H and O–H groups in total.